The summed E-state index contributed by atoms with van der Waals surface area (Å²) in [4.78, 5) is 34.4. The number of hydrogen-bond acceptors (Lipinski definition) is 4. The van der Waals surface area contributed by atoms with Gasteiger partial charge in [-0.05, 0) is 18.8 Å². The molecule has 6 nitrogen and oxygen atoms in total. The molecule has 1 unspecified atom stereocenters. The van der Waals surface area contributed by atoms with Crippen molar-refractivity contribution in [2.45, 2.75) is 44.6 Å². The zero-order valence-corrected chi connectivity index (χ0v) is 12.0. The minimum Gasteiger partial charge on any atom is -0.344 e. The van der Waals surface area contributed by atoms with Crippen molar-refractivity contribution in [2.75, 3.05) is 11.4 Å². The average molecular weight is 288 g/mol. The number of carbonyl (C=O) groups excluding carboxylic acids is 2. The van der Waals surface area contributed by atoms with Gasteiger partial charge in [0.2, 0.25) is 11.8 Å². The molecule has 1 N–H and O–H groups in total. The van der Waals surface area contributed by atoms with Crippen molar-refractivity contribution in [2.24, 2.45) is 5.92 Å². The first-order chi connectivity index (χ1) is 10.3. The van der Waals surface area contributed by atoms with Crippen LogP contribution in [0.4, 0.5) is 5.69 Å². The third-order valence-electron chi connectivity index (χ3n) is 4.39. The van der Waals surface area contributed by atoms with Crippen LogP contribution in [0.2, 0.25) is 0 Å². The summed E-state index contributed by atoms with van der Waals surface area (Å²) in [7, 11) is 0. The smallest absolute Gasteiger partial charge is 0.249 e. The Bertz CT molecular complexity index is 514. The highest BCUT2D eigenvalue weighted by atomic mass is 16.2. The Kier molecular flexibility index (Phi) is 4.13. The molecule has 1 aliphatic carbocycles. The third kappa shape index (κ3) is 3.04. The topological polar surface area (TPSA) is 75.2 Å². The number of aromatic nitrogens is 2. The molecule has 112 valence electrons. The molecule has 2 heterocycles. The molecule has 6 heteroatoms. The highest BCUT2D eigenvalue weighted by Gasteiger charge is 2.36. The summed E-state index contributed by atoms with van der Waals surface area (Å²) in [5, 5.41) is 2.93. The Labute approximate surface area is 124 Å². The van der Waals surface area contributed by atoms with Gasteiger partial charge in [-0.1, -0.05) is 19.3 Å². The Balaban J connectivity index is 1.85. The molecule has 2 aliphatic rings. The lowest BCUT2D eigenvalue weighted by Crippen LogP contribution is -2.49. The molecular formula is C15H20N4O2. The lowest BCUT2D eigenvalue weighted by molar-refractivity contribution is -0.127. The predicted octanol–water partition coefficient (Wildman–Crippen LogP) is 1.28. The fraction of sp³-hybridized carbons (Fsp3) is 0.600. The Morgan fingerprint density at radius 3 is 2.52 bits per heavy atom. The van der Waals surface area contributed by atoms with Crippen molar-refractivity contribution in [3.05, 3.63) is 18.7 Å². The summed E-state index contributed by atoms with van der Waals surface area (Å²) < 4.78 is 0. The number of nitrogens with zero attached hydrogens (tertiary/aromatic N) is 3. The highest BCUT2D eigenvalue weighted by molar-refractivity contribution is 6.01. The van der Waals surface area contributed by atoms with Gasteiger partial charge in [0.15, 0.2) is 0 Å². The maximum absolute atomic E-state index is 12.8. The quantitative estimate of drug-likeness (QED) is 0.889. The number of carbonyl (C=O) groups is 2. The molecule has 3 rings (SSSR count). The van der Waals surface area contributed by atoms with Gasteiger partial charge in [0.25, 0.3) is 0 Å². The van der Waals surface area contributed by atoms with Gasteiger partial charge in [-0.2, -0.15) is 0 Å². The van der Waals surface area contributed by atoms with Gasteiger partial charge in [0.1, 0.15) is 12.4 Å². The number of rotatable bonds is 2. The van der Waals surface area contributed by atoms with Gasteiger partial charge in [-0.15, -0.1) is 0 Å². The summed E-state index contributed by atoms with van der Waals surface area (Å²) in [6, 6.07) is -0.402. The Hall–Kier alpha value is -1.98. The largest absolute Gasteiger partial charge is 0.344 e. The van der Waals surface area contributed by atoms with E-state index in [9.17, 15) is 9.59 Å². The molecule has 2 fully saturated rings. The first-order valence-electron chi connectivity index (χ1n) is 7.61. The molecule has 1 aromatic heterocycles. The summed E-state index contributed by atoms with van der Waals surface area (Å²) in [6.45, 7) is 0.390. The number of nitrogens with one attached hydrogen (secondary N) is 1. The fourth-order valence-electron chi connectivity index (χ4n) is 3.27. The first-order valence-corrected chi connectivity index (χ1v) is 7.61. The van der Waals surface area contributed by atoms with Crippen molar-refractivity contribution in [1.82, 2.24) is 15.3 Å². The van der Waals surface area contributed by atoms with Crippen LogP contribution >= 0.6 is 0 Å². The van der Waals surface area contributed by atoms with E-state index in [1.165, 1.54) is 12.7 Å². The molecule has 1 saturated heterocycles. The van der Waals surface area contributed by atoms with Crippen molar-refractivity contribution in [3.8, 4) is 0 Å². The maximum atomic E-state index is 12.8. The van der Waals surface area contributed by atoms with Crippen LogP contribution in [0.3, 0.4) is 0 Å². The molecule has 0 bridgehead atoms. The van der Waals surface area contributed by atoms with Crippen LogP contribution in [-0.4, -0.2) is 34.4 Å². The second-order valence-corrected chi connectivity index (χ2v) is 5.78. The number of anilines is 1. The van der Waals surface area contributed by atoms with E-state index >= 15 is 0 Å². The standard InChI is InChI=1S/C15H20N4O2/c20-13-6-7-19(12-8-16-10-17-9-12)15(21)14(18-13)11-4-2-1-3-5-11/h8-11,14H,1-7H2,(H,18,20). The normalized spacial score (nSPS) is 24.6. The summed E-state index contributed by atoms with van der Waals surface area (Å²) in [5.41, 5.74) is 0.666. The lowest BCUT2D eigenvalue weighted by Gasteiger charge is -2.31. The maximum Gasteiger partial charge on any atom is 0.249 e. The summed E-state index contributed by atoms with van der Waals surface area (Å²) >= 11 is 0. The van der Waals surface area contributed by atoms with Crippen LogP contribution in [0.15, 0.2) is 18.7 Å². The van der Waals surface area contributed by atoms with Crippen LogP contribution < -0.4 is 10.2 Å². The van der Waals surface area contributed by atoms with Gasteiger partial charge in [-0.25, -0.2) is 9.97 Å². The van der Waals surface area contributed by atoms with Crippen LogP contribution in [0, 0.1) is 5.92 Å². The molecule has 2 amide bonds. The van der Waals surface area contributed by atoms with Crippen LogP contribution in [0.25, 0.3) is 0 Å². The van der Waals surface area contributed by atoms with Crippen molar-refractivity contribution in [1.29, 1.82) is 0 Å². The van der Waals surface area contributed by atoms with Crippen LogP contribution in [0.5, 0.6) is 0 Å². The summed E-state index contributed by atoms with van der Waals surface area (Å²) in [5.74, 6) is 0.182. The zero-order valence-electron chi connectivity index (χ0n) is 12.0. The van der Waals surface area contributed by atoms with E-state index in [4.69, 9.17) is 0 Å². The first kappa shape index (κ1) is 14.0. The second-order valence-electron chi connectivity index (χ2n) is 5.78. The average Bonchev–Trinajstić information content (AvgIpc) is 2.68. The van der Waals surface area contributed by atoms with E-state index in [0.717, 1.165) is 25.7 Å². The van der Waals surface area contributed by atoms with Gasteiger partial charge in [0.05, 0.1) is 18.1 Å². The monoisotopic (exact) mass is 288 g/mol. The Morgan fingerprint density at radius 2 is 1.81 bits per heavy atom. The zero-order chi connectivity index (χ0) is 14.7. The van der Waals surface area contributed by atoms with E-state index in [0.29, 0.717) is 18.7 Å². The van der Waals surface area contributed by atoms with Gasteiger partial charge in [0, 0.05) is 13.0 Å². The van der Waals surface area contributed by atoms with Crippen molar-refractivity contribution < 1.29 is 9.59 Å². The highest BCUT2D eigenvalue weighted by Crippen LogP contribution is 2.29. The van der Waals surface area contributed by atoms with E-state index in [1.54, 1.807) is 17.3 Å². The van der Waals surface area contributed by atoms with Crippen molar-refractivity contribution >= 4 is 17.5 Å². The van der Waals surface area contributed by atoms with E-state index < -0.39 is 6.04 Å². The molecule has 1 atom stereocenters. The van der Waals surface area contributed by atoms with E-state index in [-0.39, 0.29) is 17.7 Å². The third-order valence-corrected chi connectivity index (χ3v) is 4.39. The molecule has 0 radical (unpaired) electrons. The number of hydrogen-bond donors (Lipinski definition) is 1. The molecule has 21 heavy (non-hydrogen) atoms. The van der Waals surface area contributed by atoms with Gasteiger partial charge < -0.3 is 10.2 Å². The SMILES string of the molecule is O=C1CCN(c2cncnc2)C(=O)C(C2CCCCC2)N1. The molecular weight excluding hydrogens is 268 g/mol. The van der Waals surface area contributed by atoms with Gasteiger partial charge in [-0.3, -0.25) is 9.59 Å². The molecule has 1 aliphatic heterocycles. The van der Waals surface area contributed by atoms with Crippen LogP contribution in [0.1, 0.15) is 38.5 Å². The minimum absolute atomic E-state index is 0.0254. The van der Waals surface area contributed by atoms with Gasteiger partial charge >= 0.3 is 0 Å². The Morgan fingerprint density at radius 1 is 1.10 bits per heavy atom. The van der Waals surface area contributed by atoms with Crippen molar-refractivity contribution in [3.63, 3.8) is 0 Å². The molecule has 0 aromatic carbocycles. The molecule has 1 aromatic rings. The fourth-order valence-corrected chi connectivity index (χ4v) is 3.27. The second kappa shape index (κ2) is 6.20. The van der Waals surface area contributed by atoms with E-state index in [1.807, 2.05) is 0 Å². The summed E-state index contributed by atoms with van der Waals surface area (Å²) in [6.07, 6.45) is 10.5. The predicted molar refractivity (Wildman–Crippen MR) is 77.5 cm³/mol. The minimum atomic E-state index is -0.402. The van der Waals surface area contributed by atoms with E-state index in [2.05, 4.69) is 15.3 Å². The number of amides is 2. The molecule has 1 saturated carbocycles. The molecule has 0 spiro atoms. The van der Waals surface area contributed by atoms with Crippen LogP contribution in [-0.2, 0) is 9.59 Å². The lowest BCUT2D eigenvalue weighted by atomic mass is 9.83.